The second-order valence-corrected chi connectivity index (χ2v) is 4.43. The number of methoxy groups -OCH3 is 1. The van der Waals surface area contributed by atoms with Gasteiger partial charge in [-0.05, 0) is 37.1 Å². The van der Waals surface area contributed by atoms with Crippen LogP contribution in [0.3, 0.4) is 0 Å². The van der Waals surface area contributed by atoms with E-state index in [9.17, 15) is 5.11 Å². The molecule has 0 amide bonds. The average Bonchev–Trinajstić information content (AvgIpc) is 2.77. The van der Waals surface area contributed by atoms with Crippen LogP contribution in [0.15, 0.2) is 24.3 Å². The van der Waals surface area contributed by atoms with Crippen molar-refractivity contribution in [3.05, 3.63) is 30.0 Å². The van der Waals surface area contributed by atoms with E-state index in [1.54, 1.807) is 7.11 Å². The van der Waals surface area contributed by atoms with Crippen LogP contribution < -0.4 is 14.5 Å². The van der Waals surface area contributed by atoms with Gasteiger partial charge in [0.05, 0.1) is 12.3 Å². The van der Waals surface area contributed by atoms with Crippen LogP contribution in [0, 0.1) is 0 Å². The minimum Gasteiger partial charge on any atom is -0.838 e. The van der Waals surface area contributed by atoms with Crippen LogP contribution >= 0.6 is 0 Å². The summed E-state index contributed by atoms with van der Waals surface area (Å²) >= 11 is 0. The molecule has 0 atom stereocenters. The van der Waals surface area contributed by atoms with Gasteiger partial charge in [-0.2, -0.15) is 0 Å². The maximum Gasteiger partial charge on any atom is 0.161 e. The van der Waals surface area contributed by atoms with Crippen molar-refractivity contribution in [1.82, 2.24) is 9.90 Å². The summed E-state index contributed by atoms with van der Waals surface area (Å²) in [6.07, 6.45) is 3.00. The van der Waals surface area contributed by atoms with Gasteiger partial charge in [-0.25, -0.2) is 0 Å². The molecule has 0 radical (unpaired) electrons. The van der Waals surface area contributed by atoms with E-state index < -0.39 is 0 Å². The molecule has 1 aliphatic heterocycles. The Morgan fingerprint density at radius 3 is 2.72 bits per heavy atom. The molecule has 18 heavy (non-hydrogen) atoms. The maximum atomic E-state index is 12.2. The van der Waals surface area contributed by atoms with Gasteiger partial charge in [0.2, 0.25) is 0 Å². The molecule has 5 nitrogen and oxygen atoms in total. The molecule has 0 N–H and O–H groups in total. The number of aromatic nitrogens is 3. The molecule has 2 aromatic rings. The van der Waals surface area contributed by atoms with Crippen LogP contribution in [0.5, 0.6) is 11.6 Å². The van der Waals surface area contributed by atoms with Gasteiger partial charge in [0.1, 0.15) is 18.2 Å². The van der Waals surface area contributed by atoms with E-state index in [-0.39, 0.29) is 5.88 Å². The van der Waals surface area contributed by atoms with Gasteiger partial charge >= 0.3 is 0 Å². The molecular weight excluding hydrogens is 230 g/mol. The van der Waals surface area contributed by atoms with Crippen molar-refractivity contribution in [2.24, 2.45) is 0 Å². The zero-order valence-corrected chi connectivity index (χ0v) is 10.3. The number of fused-ring (bicyclic) bond motifs is 1. The predicted octanol–water partition coefficient (Wildman–Crippen LogP) is 0.578. The molecule has 5 heteroatoms. The zero-order valence-electron chi connectivity index (χ0n) is 10.3. The van der Waals surface area contributed by atoms with E-state index >= 15 is 0 Å². The lowest BCUT2D eigenvalue weighted by Crippen LogP contribution is -2.42. The summed E-state index contributed by atoms with van der Waals surface area (Å²) in [4.78, 5) is 0. The Bertz CT molecular complexity index is 560. The lowest BCUT2D eigenvalue weighted by atomic mass is 10.1. The third-order valence-corrected chi connectivity index (χ3v) is 3.30. The molecule has 0 aliphatic carbocycles. The molecule has 0 saturated carbocycles. The first-order chi connectivity index (χ1) is 8.79. The fraction of sp³-hybridized carbons (Fsp3) is 0.385. The Labute approximate surface area is 105 Å². The number of ether oxygens (including phenoxy) is 1. The Kier molecular flexibility index (Phi) is 2.66. The SMILES string of the molecule is COc1ccc(-n2n[n+]3c(c2[O-])CCCC3)cc1. The largest absolute Gasteiger partial charge is 0.838 e. The first kappa shape index (κ1) is 11.1. The van der Waals surface area contributed by atoms with Gasteiger partial charge in [0, 0.05) is 6.42 Å². The Hall–Kier alpha value is -2.04. The molecule has 0 unspecified atom stereocenters. The molecule has 3 rings (SSSR count). The molecule has 2 heterocycles. The summed E-state index contributed by atoms with van der Waals surface area (Å²) in [5.41, 5.74) is 1.60. The number of aryl methyl sites for hydroxylation is 1. The van der Waals surface area contributed by atoms with E-state index in [4.69, 9.17) is 4.74 Å². The van der Waals surface area contributed by atoms with Gasteiger partial charge in [-0.15, -0.1) is 9.36 Å². The van der Waals surface area contributed by atoms with Crippen molar-refractivity contribution in [3.8, 4) is 17.3 Å². The molecule has 0 fully saturated rings. The fourth-order valence-corrected chi connectivity index (χ4v) is 2.30. The van der Waals surface area contributed by atoms with Crippen molar-refractivity contribution in [2.75, 3.05) is 7.11 Å². The number of benzene rings is 1. The third-order valence-electron chi connectivity index (χ3n) is 3.30. The van der Waals surface area contributed by atoms with Crippen molar-refractivity contribution in [2.45, 2.75) is 25.8 Å². The maximum absolute atomic E-state index is 12.2. The van der Waals surface area contributed by atoms with Crippen LogP contribution in [0.25, 0.3) is 5.69 Å². The lowest BCUT2D eigenvalue weighted by Gasteiger charge is -2.08. The van der Waals surface area contributed by atoms with Crippen LogP contribution in [0.1, 0.15) is 18.5 Å². The van der Waals surface area contributed by atoms with Crippen molar-refractivity contribution in [3.63, 3.8) is 0 Å². The lowest BCUT2D eigenvalue weighted by molar-refractivity contribution is -0.765. The van der Waals surface area contributed by atoms with E-state index in [0.717, 1.165) is 42.9 Å². The smallest absolute Gasteiger partial charge is 0.161 e. The Morgan fingerprint density at radius 1 is 1.28 bits per heavy atom. The highest BCUT2D eigenvalue weighted by molar-refractivity contribution is 5.38. The highest BCUT2D eigenvalue weighted by Gasteiger charge is 2.23. The number of hydrogen-bond acceptors (Lipinski definition) is 3. The van der Waals surface area contributed by atoms with Crippen LogP contribution in [0.4, 0.5) is 0 Å². The Balaban J connectivity index is 2.02. The first-order valence-corrected chi connectivity index (χ1v) is 6.13. The summed E-state index contributed by atoms with van der Waals surface area (Å²) in [5.74, 6) is 0.774. The van der Waals surface area contributed by atoms with Crippen molar-refractivity contribution >= 4 is 0 Å². The molecule has 94 valence electrons. The molecule has 1 aromatic carbocycles. The first-order valence-electron chi connectivity index (χ1n) is 6.13. The Morgan fingerprint density at radius 2 is 2.06 bits per heavy atom. The number of rotatable bonds is 2. The predicted molar refractivity (Wildman–Crippen MR) is 62.7 cm³/mol. The number of hydrogen-bond donors (Lipinski definition) is 0. The van der Waals surface area contributed by atoms with E-state index in [0.29, 0.717) is 0 Å². The van der Waals surface area contributed by atoms with Gasteiger partial charge in [0.15, 0.2) is 11.4 Å². The zero-order chi connectivity index (χ0) is 12.5. The van der Waals surface area contributed by atoms with Gasteiger partial charge < -0.3 is 9.84 Å². The van der Waals surface area contributed by atoms with Gasteiger partial charge in [0.25, 0.3) is 0 Å². The summed E-state index contributed by atoms with van der Waals surface area (Å²) in [5, 5.41) is 16.6. The number of nitrogens with zero attached hydrogens (tertiary/aromatic N) is 3. The molecule has 0 spiro atoms. The normalized spacial score (nSPS) is 14.3. The molecule has 0 bridgehead atoms. The second kappa shape index (κ2) is 4.33. The van der Waals surface area contributed by atoms with Crippen LogP contribution in [0.2, 0.25) is 0 Å². The third kappa shape index (κ3) is 1.72. The molecular formula is C13H15N3O2. The topological polar surface area (TPSA) is 54.0 Å². The average molecular weight is 245 g/mol. The molecule has 0 saturated heterocycles. The van der Waals surface area contributed by atoms with Crippen molar-refractivity contribution < 1.29 is 14.5 Å². The van der Waals surface area contributed by atoms with E-state index in [1.165, 1.54) is 4.68 Å². The van der Waals surface area contributed by atoms with E-state index in [2.05, 4.69) is 5.21 Å². The van der Waals surface area contributed by atoms with E-state index in [1.807, 2.05) is 28.9 Å². The second-order valence-electron chi connectivity index (χ2n) is 4.43. The van der Waals surface area contributed by atoms with Gasteiger partial charge in [-0.1, -0.05) is 0 Å². The van der Waals surface area contributed by atoms with Gasteiger partial charge in [-0.3, -0.25) is 0 Å². The summed E-state index contributed by atoms with van der Waals surface area (Å²) in [6, 6.07) is 7.36. The standard InChI is InChI=1S/C13H15N3O2/c1-18-11-7-5-10(6-8-11)16-13(17)12-4-2-3-9-15(12)14-16/h5-8H,2-4,9H2,1H3. The monoisotopic (exact) mass is 245 g/mol. The van der Waals surface area contributed by atoms with Crippen LogP contribution in [-0.4, -0.2) is 17.0 Å². The molecule has 1 aromatic heterocycles. The fourth-order valence-electron chi connectivity index (χ4n) is 2.30. The quantitative estimate of drug-likeness (QED) is 0.727. The van der Waals surface area contributed by atoms with Crippen LogP contribution in [-0.2, 0) is 13.0 Å². The highest BCUT2D eigenvalue weighted by Crippen LogP contribution is 2.21. The van der Waals surface area contributed by atoms with Crippen molar-refractivity contribution in [1.29, 1.82) is 0 Å². The summed E-state index contributed by atoms with van der Waals surface area (Å²) in [7, 11) is 1.62. The summed E-state index contributed by atoms with van der Waals surface area (Å²) in [6.45, 7) is 0.841. The minimum atomic E-state index is -0.000123. The summed E-state index contributed by atoms with van der Waals surface area (Å²) < 4.78 is 8.41. The molecule has 1 aliphatic rings. The minimum absolute atomic E-state index is 0.000123. The highest BCUT2D eigenvalue weighted by atomic mass is 16.5.